The summed E-state index contributed by atoms with van der Waals surface area (Å²) in [6.07, 6.45) is 3.70. The molecular formula is C7H13NS. The zero-order valence-corrected chi connectivity index (χ0v) is 6.74. The Balaban J connectivity index is 3.96. The first-order valence-corrected chi connectivity index (χ1v) is 3.79. The van der Waals surface area contributed by atoms with Crippen LogP contribution in [0.5, 0.6) is 0 Å². The molecule has 0 aromatic rings. The number of rotatable bonds is 3. The fraction of sp³-hybridized carbons (Fsp3) is 0.429. The van der Waals surface area contributed by atoms with Gasteiger partial charge in [0.2, 0.25) is 0 Å². The molecule has 0 heterocycles. The Morgan fingerprint density at radius 1 is 1.67 bits per heavy atom. The van der Waals surface area contributed by atoms with E-state index >= 15 is 0 Å². The van der Waals surface area contributed by atoms with Crippen molar-refractivity contribution in [3.63, 3.8) is 0 Å². The highest BCUT2D eigenvalue weighted by atomic mass is 32.2. The van der Waals surface area contributed by atoms with Crippen molar-refractivity contribution in [3.8, 4) is 0 Å². The SMILES string of the molecule is C=C/C=C(\SN)C(C)C. The van der Waals surface area contributed by atoms with Gasteiger partial charge in [-0.25, -0.2) is 0 Å². The summed E-state index contributed by atoms with van der Waals surface area (Å²) in [7, 11) is 0. The lowest BCUT2D eigenvalue weighted by Crippen LogP contribution is -1.92. The van der Waals surface area contributed by atoms with Crippen molar-refractivity contribution in [1.29, 1.82) is 0 Å². The molecule has 0 aliphatic heterocycles. The third-order valence-electron chi connectivity index (χ3n) is 0.987. The van der Waals surface area contributed by atoms with E-state index in [0.29, 0.717) is 5.92 Å². The molecule has 1 nitrogen and oxygen atoms in total. The molecular weight excluding hydrogens is 130 g/mol. The molecule has 0 saturated heterocycles. The highest BCUT2D eigenvalue weighted by molar-refractivity contribution is 8.00. The Kier molecular flexibility index (Phi) is 4.54. The number of hydrogen-bond donors (Lipinski definition) is 1. The predicted molar refractivity (Wildman–Crippen MR) is 44.9 cm³/mol. The molecule has 2 N–H and O–H groups in total. The van der Waals surface area contributed by atoms with Crippen LogP contribution in [0.1, 0.15) is 13.8 Å². The molecule has 9 heavy (non-hydrogen) atoms. The molecule has 0 aliphatic rings. The van der Waals surface area contributed by atoms with Gasteiger partial charge in [0.25, 0.3) is 0 Å². The van der Waals surface area contributed by atoms with E-state index in [2.05, 4.69) is 20.4 Å². The zero-order chi connectivity index (χ0) is 7.28. The van der Waals surface area contributed by atoms with Crippen LogP contribution in [-0.4, -0.2) is 0 Å². The largest absolute Gasteiger partial charge is 0.274 e. The number of hydrogen-bond acceptors (Lipinski definition) is 2. The lowest BCUT2D eigenvalue weighted by Gasteiger charge is -2.04. The molecule has 0 spiro atoms. The van der Waals surface area contributed by atoms with Crippen LogP contribution in [-0.2, 0) is 0 Å². The van der Waals surface area contributed by atoms with Crippen LogP contribution >= 0.6 is 11.9 Å². The second-order valence-corrected chi connectivity index (χ2v) is 2.78. The second-order valence-electron chi connectivity index (χ2n) is 2.08. The molecule has 0 bridgehead atoms. The molecule has 52 valence electrons. The summed E-state index contributed by atoms with van der Waals surface area (Å²) < 4.78 is 0. The lowest BCUT2D eigenvalue weighted by atomic mass is 10.2. The van der Waals surface area contributed by atoms with Gasteiger partial charge < -0.3 is 0 Å². The molecule has 0 atom stereocenters. The van der Waals surface area contributed by atoms with Crippen molar-refractivity contribution in [2.75, 3.05) is 0 Å². The lowest BCUT2D eigenvalue weighted by molar-refractivity contribution is 0.817. The summed E-state index contributed by atoms with van der Waals surface area (Å²) in [6, 6.07) is 0. The van der Waals surface area contributed by atoms with Crippen molar-refractivity contribution >= 4 is 11.9 Å². The number of allylic oxidation sites excluding steroid dienone is 3. The molecule has 0 aromatic carbocycles. The van der Waals surface area contributed by atoms with E-state index < -0.39 is 0 Å². The molecule has 0 unspecified atom stereocenters. The molecule has 0 radical (unpaired) electrons. The predicted octanol–water partition coefficient (Wildman–Crippen LogP) is 2.32. The van der Waals surface area contributed by atoms with Gasteiger partial charge in [-0.05, 0) is 5.92 Å². The fourth-order valence-electron chi connectivity index (χ4n) is 0.484. The minimum absolute atomic E-state index is 0.512. The monoisotopic (exact) mass is 143 g/mol. The average Bonchev–Trinajstić information content (AvgIpc) is 1.82. The molecule has 0 aromatic heterocycles. The van der Waals surface area contributed by atoms with Gasteiger partial charge in [-0.15, -0.1) is 0 Å². The third kappa shape index (κ3) is 3.38. The van der Waals surface area contributed by atoms with Gasteiger partial charge in [-0.1, -0.05) is 44.5 Å². The highest BCUT2D eigenvalue weighted by Crippen LogP contribution is 2.17. The topological polar surface area (TPSA) is 26.0 Å². The van der Waals surface area contributed by atoms with Gasteiger partial charge >= 0.3 is 0 Å². The van der Waals surface area contributed by atoms with Gasteiger partial charge in [0.1, 0.15) is 0 Å². The number of nitrogens with two attached hydrogens (primary N) is 1. The van der Waals surface area contributed by atoms with Crippen molar-refractivity contribution in [2.24, 2.45) is 11.1 Å². The Hall–Kier alpha value is -0.210. The van der Waals surface area contributed by atoms with E-state index in [0.717, 1.165) is 0 Å². The standard InChI is InChI=1S/C7H13NS/c1-4-5-7(9-8)6(2)3/h4-6H,1,8H2,2-3H3/b7-5-. The smallest absolute Gasteiger partial charge is 0.00263 e. The van der Waals surface area contributed by atoms with Gasteiger partial charge in [0.05, 0.1) is 0 Å². The Bertz CT molecular complexity index is 116. The summed E-state index contributed by atoms with van der Waals surface area (Å²) in [4.78, 5) is 1.17. The zero-order valence-electron chi connectivity index (χ0n) is 5.92. The molecule has 0 fully saturated rings. The van der Waals surface area contributed by atoms with Crippen molar-refractivity contribution in [3.05, 3.63) is 23.6 Å². The fourth-order valence-corrected chi connectivity index (χ4v) is 0.931. The summed E-state index contributed by atoms with van der Waals surface area (Å²) >= 11 is 1.29. The third-order valence-corrected chi connectivity index (χ3v) is 1.87. The van der Waals surface area contributed by atoms with Gasteiger partial charge in [0, 0.05) is 4.91 Å². The maximum Gasteiger partial charge on any atom is 0.00263 e. The minimum Gasteiger partial charge on any atom is -0.274 e. The van der Waals surface area contributed by atoms with Crippen LogP contribution in [0.25, 0.3) is 0 Å². The minimum atomic E-state index is 0.512. The van der Waals surface area contributed by atoms with E-state index in [1.54, 1.807) is 6.08 Å². The van der Waals surface area contributed by atoms with Gasteiger partial charge in [0.15, 0.2) is 0 Å². The molecule has 2 heteroatoms. The van der Waals surface area contributed by atoms with Crippen LogP contribution in [0.2, 0.25) is 0 Å². The second kappa shape index (κ2) is 4.65. The first-order valence-electron chi connectivity index (χ1n) is 2.91. The Morgan fingerprint density at radius 2 is 2.22 bits per heavy atom. The van der Waals surface area contributed by atoms with Crippen LogP contribution < -0.4 is 5.14 Å². The van der Waals surface area contributed by atoms with Gasteiger partial charge in [-0.2, -0.15) is 0 Å². The average molecular weight is 143 g/mol. The molecule has 0 amide bonds. The van der Waals surface area contributed by atoms with Crippen LogP contribution in [0.3, 0.4) is 0 Å². The summed E-state index contributed by atoms with van der Waals surface area (Å²) in [5.41, 5.74) is 0. The first kappa shape index (κ1) is 8.79. The maximum absolute atomic E-state index is 5.36. The van der Waals surface area contributed by atoms with Crippen molar-refractivity contribution in [1.82, 2.24) is 0 Å². The molecule has 0 aliphatic carbocycles. The van der Waals surface area contributed by atoms with E-state index in [4.69, 9.17) is 5.14 Å². The molecule has 0 rings (SSSR count). The summed E-state index contributed by atoms with van der Waals surface area (Å²) in [6.45, 7) is 7.80. The quantitative estimate of drug-likeness (QED) is 0.484. The van der Waals surface area contributed by atoms with Crippen LogP contribution in [0.15, 0.2) is 23.6 Å². The maximum atomic E-state index is 5.36. The summed E-state index contributed by atoms with van der Waals surface area (Å²) in [5.74, 6) is 0.512. The van der Waals surface area contributed by atoms with Crippen molar-refractivity contribution in [2.45, 2.75) is 13.8 Å². The normalized spacial score (nSPS) is 12.2. The van der Waals surface area contributed by atoms with E-state index in [9.17, 15) is 0 Å². The van der Waals surface area contributed by atoms with Crippen molar-refractivity contribution < 1.29 is 0 Å². The first-order chi connectivity index (χ1) is 4.22. The Labute approximate surface area is 61.1 Å². The summed E-state index contributed by atoms with van der Waals surface area (Å²) in [5, 5.41) is 5.36. The van der Waals surface area contributed by atoms with E-state index in [1.807, 2.05) is 6.08 Å². The highest BCUT2D eigenvalue weighted by Gasteiger charge is 1.98. The van der Waals surface area contributed by atoms with E-state index in [1.165, 1.54) is 16.9 Å². The van der Waals surface area contributed by atoms with Crippen LogP contribution in [0.4, 0.5) is 0 Å². The molecule has 0 saturated carbocycles. The van der Waals surface area contributed by atoms with Gasteiger partial charge in [-0.3, -0.25) is 5.14 Å². The Morgan fingerprint density at radius 3 is 2.33 bits per heavy atom. The van der Waals surface area contributed by atoms with Crippen LogP contribution in [0, 0.1) is 5.92 Å². The van der Waals surface area contributed by atoms with E-state index in [-0.39, 0.29) is 0 Å².